The Balaban J connectivity index is 2.06. The molecule has 3 rings (SSSR count). The lowest BCUT2D eigenvalue weighted by atomic mass is 9.88. The molecule has 1 aliphatic rings. The SMILES string of the molecule is COc1ccc2cc(C3(N)CCCC3)ccc2c1. The number of benzene rings is 2. The van der Waals surface area contributed by atoms with Gasteiger partial charge in [0.2, 0.25) is 0 Å². The molecule has 0 heterocycles. The summed E-state index contributed by atoms with van der Waals surface area (Å²) >= 11 is 0. The van der Waals surface area contributed by atoms with Gasteiger partial charge in [-0.1, -0.05) is 31.0 Å². The second-order valence-corrected chi connectivity index (χ2v) is 5.29. The van der Waals surface area contributed by atoms with Crippen molar-refractivity contribution in [3.8, 4) is 5.75 Å². The summed E-state index contributed by atoms with van der Waals surface area (Å²) in [6.45, 7) is 0. The van der Waals surface area contributed by atoms with Crippen molar-refractivity contribution in [2.75, 3.05) is 7.11 Å². The summed E-state index contributed by atoms with van der Waals surface area (Å²) in [4.78, 5) is 0. The molecule has 94 valence electrons. The van der Waals surface area contributed by atoms with Gasteiger partial charge in [0.15, 0.2) is 0 Å². The van der Waals surface area contributed by atoms with Crippen molar-refractivity contribution in [3.63, 3.8) is 0 Å². The highest BCUT2D eigenvalue weighted by Gasteiger charge is 2.31. The lowest BCUT2D eigenvalue weighted by molar-refractivity contribution is 0.415. The van der Waals surface area contributed by atoms with E-state index in [0.29, 0.717) is 0 Å². The Labute approximate surface area is 108 Å². The van der Waals surface area contributed by atoms with E-state index in [9.17, 15) is 0 Å². The number of ether oxygens (including phenoxy) is 1. The third kappa shape index (κ3) is 1.87. The van der Waals surface area contributed by atoms with E-state index in [1.165, 1.54) is 29.2 Å². The average Bonchev–Trinajstić information content (AvgIpc) is 2.85. The standard InChI is InChI=1S/C16H19NO/c1-18-15-7-5-12-10-14(6-4-13(12)11-15)16(17)8-2-3-9-16/h4-7,10-11H,2-3,8-9,17H2,1H3. The highest BCUT2D eigenvalue weighted by molar-refractivity contribution is 5.84. The fourth-order valence-corrected chi connectivity index (χ4v) is 2.96. The van der Waals surface area contributed by atoms with Crippen molar-refractivity contribution in [1.29, 1.82) is 0 Å². The first-order valence-corrected chi connectivity index (χ1v) is 6.58. The monoisotopic (exact) mass is 241 g/mol. The first-order chi connectivity index (χ1) is 8.71. The molecule has 18 heavy (non-hydrogen) atoms. The molecule has 0 spiro atoms. The maximum atomic E-state index is 6.50. The Kier molecular flexibility index (Phi) is 2.75. The Morgan fingerprint density at radius 3 is 2.39 bits per heavy atom. The molecule has 2 nitrogen and oxygen atoms in total. The van der Waals surface area contributed by atoms with Gasteiger partial charge in [-0.15, -0.1) is 0 Å². The summed E-state index contributed by atoms with van der Waals surface area (Å²) in [5.74, 6) is 0.901. The third-order valence-electron chi connectivity index (χ3n) is 4.12. The molecule has 2 N–H and O–H groups in total. The van der Waals surface area contributed by atoms with E-state index in [1.807, 2.05) is 6.07 Å². The number of nitrogens with two attached hydrogens (primary N) is 1. The van der Waals surface area contributed by atoms with Crippen LogP contribution in [0.25, 0.3) is 10.8 Å². The van der Waals surface area contributed by atoms with Gasteiger partial charge in [-0.3, -0.25) is 0 Å². The van der Waals surface area contributed by atoms with Crippen LogP contribution >= 0.6 is 0 Å². The summed E-state index contributed by atoms with van der Waals surface area (Å²) in [6, 6.07) is 12.7. The number of methoxy groups -OCH3 is 1. The Bertz CT molecular complexity index is 570. The molecule has 0 unspecified atom stereocenters. The van der Waals surface area contributed by atoms with Gasteiger partial charge in [0.05, 0.1) is 7.11 Å². The number of hydrogen-bond acceptors (Lipinski definition) is 2. The van der Waals surface area contributed by atoms with Gasteiger partial charge in [-0.25, -0.2) is 0 Å². The largest absolute Gasteiger partial charge is 0.497 e. The zero-order valence-electron chi connectivity index (χ0n) is 10.8. The summed E-state index contributed by atoms with van der Waals surface area (Å²) < 4.78 is 5.25. The summed E-state index contributed by atoms with van der Waals surface area (Å²) in [5.41, 5.74) is 7.68. The second kappa shape index (κ2) is 4.29. The Morgan fingerprint density at radius 2 is 1.67 bits per heavy atom. The molecule has 0 saturated heterocycles. The van der Waals surface area contributed by atoms with E-state index in [2.05, 4.69) is 30.3 Å². The highest BCUT2D eigenvalue weighted by Crippen LogP contribution is 2.37. The minimum atomic E-state index is -0.103. The van der Waals surface area contributed by atoms with Crippen LogP contribution in [0.5, 0.6) is 5.75 Å². The van der Waals surface area contributed by atoms with Crippen LogP contribution < -0.4 is 10.5 Å². The molecule has 1 fully saturated rings. The van der Waals surface area contributed by atoms with Gasteiger partial charge in [0.1, 0.15) is 5.75 Å². The van der Waals surface area contributed by atoms with E-state index in [1.54, 1.807) is 7.11 Å². The van der Waals surface area contributed by atoms with Crippen LogP contribution in [0.1, 0.15) is 31.2 Å². The van der Waals surface area contributed by atoms with E-state index >= 15 is 0 Å². The maximum Gasteiger partial charge on any atom is 0.119 e. The van der Waals surface area contributed by atoms with E-state index in [4.69, 9.17) is 10.5 Å². The summed E-state index contributed by atoms with van der Waals surface area (Å²) in [7, 11) is 1.70. The number of rotatable bonds is 2. The van der Waals surface area contributed by atoms with Crippen LogP contribution in [0.15, 0.2) is 36.4 Å². The molecule has 2 aromatic carbocycles. The predicted octanol–water partition coefficient (Wildman–Crippen LogP) is 3.58. The fraction of sp³-hybridized carbons (Fsp3) is 0.375. The average molecular weight is 241 g/mol. The van der Waals surface area contributed by atoms with Crippen molar-refractivity contribution >= 4 is 10.8 Å². The number of hydrogen-bond donors (Lipinski definition) is 1. The minimum Gasteiger partial charge on any atom is -0.497 e. The van der Waals surface area contributed by atoms with Crippen LogP contribution in [-0.4, -0.2) is 7.11 Å². The van der Waals surface area contributed by atoms with E-state index in [-0.39, 0.29) is 5.54 Å². The first-order valence-electron chi connectivity index (χ1n) is 6.58. The molecule has 0 radical (unpaired) electrons. The van der Waals surface area contributed by atoms with Crippen LogP contribution in [0.3, 0.4) is 0 Å². The first kappa shape index (κ1) is 11.5. The topological polar surface area (TPSA) is 35.2 Å². The second-order valence-electron chi connectivity index (χ2n) is 5.29. The molecule has 0 bridgehead atoms. The molecule has 0 amide bonds. The van der Waals surface area contributed by atoms with Crippen molar-refractivity contribution in [2.45, 2.75) is 31.2 Å². The van der Waals surface area contributed by atoms with Crippen molar-refractivity contribution < 1.29 is 4.74 Å². The van der Waals surface area contributed by atoms with Gasteiger partial charge in [0, 0.05) is 5.54 Å². The smallest absolute Gasteiger partial charge is 0.119 e. The molecule has 0 aromatic heterocycles. The maximum absolute atomic E-state index is 6.50. The van der Waals surface area contributed by atoms with Crippen LogP contribution in [0.4, 0.5) is 0 Å². The molecular weight excluding hydrogens is 222 g/mol. The zero-order valence-corrected chi connectivity index (χ0v) is 10.8. The highest BCUT2D eigenvalue weighted by atomic mass is 16.5. The minimum absolute atomic E-state index is 0.103. The predicted molar refractivity (Wildman–Crippen MR) is 74.8 cm³/mol. The van der Waals surface area contributed by atoms with Crippen molar-refractivity contribution in [3.05, 3.63) is 42.0 Å². The summed E-state index contributed by atoms with van der Waals surface area (Å²) in [6.07, 6.45) is 4.71. The Hall–Kier alpha value is -1.54. The third-order valence-corrected chi connectivity index (χ3v) is 4.12. The van der Waals surface area contributed by atoms with Gasteiger partial charge in [-0.2, -0.15) is 0 Å². The molecule has 0 atom stereocenters. The van der Waals surface area contributed by atoms with Crippen molar-refractivity contribution in [1.82, 2.24) is 0 Å². The summed E-state index contributed by atoms with van der Waals surface area (Å²) in [5, 5.41) is 2.45. The molecule has 2 aromatic rings. The lowest BCUT2D eigenvalue weighted by Crippen LogP contribution is -2.32. The molecule has 0 aliphatic heterocycles. The molecular formula is C16H19NO. The lowest BCUT2D eigenvalue weighted by Gasteiger charge is -2.24. The molecule has 1 aliphatic carbocycles. The van der Waals surface area contributed by atoms with Gasteiger partial charge in [-0.05, 0) is 47.4 Å². The number of fused-ring (bicyclic) bond motifs is 1. The Morgan fingerprint density at radius 1 is 1.00 bits per heavy atom. The van der Waals surface area contributed by atoms with Crippen LogP contribution in [0.2, 0.25) is 0 Å². The van der Waals surface area contributed by atoms with Gasteiger partial charge >= 0.3 is 0 Å². The van der Waals surface area contributed by atoms with Crippen LogP contribution in [0, 0.1) is 0 Å². The molecule has 2 heteroatoms. The quantitative estimate of drug-likeness (QED) is 0.872. The zero-order chi connectivity index (χ0) is 12.6. The van der Waals surface area contributed by atoms with Gasteiger partial charge < -0.3 is 10.5 Å². The van der Waals surface area contributed by atoms with E-state index in [0.717, 1.165) is 18.6 Å². The normalized spacial score (nSPS) is 18.1. The molecule has 1 saturated carbocycles. The van der Waals surface area contributed by atoms with Crippen molar-refractivity contribution in [2.24, 2.45) is 5.73 Å². The fourth-order valence-electron chi connectivity index (χ4n) is 2.96. The van der Waals surface area contributed by atoms with Gasteiger partial charge in [0.25, 0.3) is 0 Å². The van der Waals surface area contributed by atoms with Crippen LogP contribution in [-0.2, 0) is 5.54 Å². The van der Waals surface area contributed by atoms with E-state index < -0.39 is 0 Å².